The van der Waals surface area contributed by atoms with E-state index in [9.17, 15) is 4.79 Å². The van der Waals surface area contributed by atoms with Crippen molar-refractivity contribution in [2.45, 2.75) is 49.8 Å². The molecule has 0 bridgehead atoms. The molecule has 20 heavy (non-hydrogen) atoms. The van der Waals surface area contributed by atoms with Gasteiger partial charge in [-0.15, -0.1) is 0 Å². The fourth-order valence-corrected chi connectivity index (χ4v) is 4.29. The van der Waals surface area contributed by atoms with Crippen molar-refractivity contribution in [3.8, 4) is 0 Å². The van der Waals surface area contributed by atoms with E-state index in [-0.39, 0.29) is 5.97 Å². The highest BCUT2D eigenvalue weighted by Gasteiger charge is 2.51. The van der Waals surface area contributed by atoms with Crippen molar-refractivity contribution in [3.63, 3.8) is 0 Å². The lowest BCUT2D eigenvalue weighted by atomic mass is 9.95. The molecule has 1 saturated heterocycles. The zero-order valence-corrected chi connectivity index (χ0v) is 13.5. The fourth-order valence-electron chi connectivity index (χ4n) is 2.81. The molecule has 116 valence electrons. The second-order valence-electron chi connectivity index (χ2n) is 5.79. The van der Waals surface area contributed by atoms with Crippen LogP contribution in [-0.4, -0.2) is 49.4 Å². The number of ether oxygens (including phenoxy) is 2. The van der Waals surface area contributed by atoms with Gasteiger partial charge in [0.15, 0.2) is 0 Å². The van der Waals surface area contributed by atoms with Crippen LogP contribution in [0.1, 0.15) is 39.0 Å². The minimum atomic E-state index is -0.465. The summed E-state index contributed by atoms with van der Waals surface area (Å²) in [7, 11) is 1.51. The zero-order valence-electron chi connectivity index (χ0n) is 12.7. The Hall–Kier alpha value is -0.260. The van der Waals surface area contributed by atoms with Gasteiger partial charge in [0.1, 0.15) is 5.54 Å². The van der Waals surface area contributed by atoms with E-state index in [4.69, 9.17) is 9.47 Å². The Morgan fingerprint density at radius 2 is 2.05 bits per heavy atom. The van der Waals surface area contributed by atoms with Crippen molar-refractivity contribution in [3.05, 3.63) is 0 Å². The number of nitrogens with one attached hydrogen (secondary N) is 1. The molecule has 5 heteroatoms. The Morgan fingerprint density at radius 1 is 1.35 bits per heavy atom. The number of carbonyl (C=O) groups is 1. The predicted molar refractivity (Wildman–Crippen MR) is 82.1 cm³/mol. The molecule has 1 unspecified atom stereocenters. The average molecular weight is 301 g/mol. The maximum Gasteiger partial charge on any atom is 0.327 e. The monoisotopic (exact) mass is 301 g/mol. The quantitative estimate of drug-likeness (QED) is 0.697. The Labute approximate surface area is 126 Å². The van der Waals surface area contributed by atoms with Crippen LogP contribution in [0.3, 0.4) is 0 Å². The Morgan fingerprint density at radius 3 is 2.60 bits per heavy atom. The molecule has 0 aromatic carbocycles. The third-order valence-corrected chi connectivity index (χ3v) is 5.79. The van der Waals surface area contributed by atoms with Crippen molar-refractivity contribution < 1.29 is 14.3 Å². The summed E-state index contributed by atoms with van der Waals surface area (Å²) in [6, 6.07) is 0. The van der Waals surface area contributed by atoms with Gasteiger partial charge < -0.3 is 14.8 Å². The Kier molecular flexibility index (Phi) is 6.18. The van der Waals surface area contributed by atoms with E-state index in [1.54, 1.807) is 0 Å². The number of hydrogen-bond donors (Lipinski definition) is 1. The molecular weight excluding hydrogens is 274 g/mol. The van der Waals surface area contributed by atoms with Crippen LogP contribution in [0.2, 0.25) is 0 Å². The lowest BCUT2D eigenvalue weighted by molar-refractivity contribution is -0.148. The van der Waals surface area contributed by atoms with Gasteiger partial charge in [-0.25, -0.2) is 0 Å². The molecule has 1 N–H and O–H groups in total. The normalized spacial score (nSPS) is 23.3. The van der Waals surface area contributed by atoms with Gasteiger partial charge >= 0.3 is 5.97 Å². The summed E-state index contributed by atoms with van der Waals surface area (Å²) in [5.74, 6) is 1.21. The summed E-state index contributed by atoms with van der Waals surface area (Å²) in [5, 5.41) is 4.13. The Balaban J connectivity index is 1.98. The first-order chi connectivity index (χ1) is 9.73. The second kappa shape index (κ2) is 7.66. The smallest absolute Gasteiger partial charge is 0.327 e. The van der Waals surface area contributed by atoms with Crippen LogP contribution >= 0.6 is 11.8 Å². The number of thioether (sulfide) groups is 1. The molecule has 0 amide bonds. The van der Waals surface area contributed by atoms with Crippen LogP contribution in [-0.2, 0) is 14.3 Å². The van der Waals surface area contributed by atoms with Gasteiger partial charge in [-0.1, -0.05) is 6.92 Å². The second-order valence-corrected chi connectivity index (χ2v) is 7.08. The molecular formula is C15H27NO3S. The SMILES string of the molecule is CCCNC(CSC1CCOCC1)(C(=O)OC)C1CC1. The minimum absolute atomic E-state index is 0.0759. The van der Waals surface area contributed by atoms with Crippen molar-refractivity contribution >= 4 is 17.7 Å². The molecule has 1 aliphatic heterocycles. The van der Waals surface area contributed by atoms with E-state index in [0.29, 0.717) is 11.2 Å². The summed E-state index contributed by atoms with van der Waals surface area (Å²) in [5.41, 5.74) is -0.465. The van der Waals surface area contributed by atoms with Crippen LogP contribution in [0.4, 0.5) is 0 Å². The highest BCUT2D eigenvalue weighted by Crippen LogP contribution is 2.43. The molecule has 2 fully saturated rings. The molecule has 1 saturated carbocycles. The fraction of sp³-hybridized carbons (Fsp3) is 0.933. The molecule has 0 spiro atoms. The lowest BCUT2D eigenvalue weighted by Crippen LogP contribution is -2.57. The highest BCUT2D eigenvalue weighted by molar-refractivity contribution is 8.00. The van der Waals surface area contributed by atoms with Gasteiger partial charge in [0.05, 0.1) is 7.11 Å². The van der Waals surface area contributed by atoms with Gasteiger partial charge in [-0.2, -0.15) is 11.8 Å². The van der Waals surface area contributed by atoms with Gasteiger partial charge in [0, 0.05) is 24.2 Å². The minimum Gasteiger partial charge on any atom is -0.468 e. The number of carbonyl (C=O) groups excluding carboxylic acids is 1. The first-order valence-corrected chi connectivity index (χ1v) is 8.80. The molecule has 1 atom stereocenters. The topological polar surface area (TPSA) is 47.6 Å². The maximum atomic E-state index is 12.4. The van der Waals surface area contributed by atoms with Crippen molar-refractivity contribution in [2.75, 3.05) is 32.6 Å². The lowest BCUT2D eigenvalue weighted by Gasteiger charge is -2.34. The maximum absolute atomic E-state index is 12.4. The van der Waals surface area contributed by atoms with E-state index in [1.807, 2.05) is 11.8 Å². The van der Waals surface area contributed by atoms with E-state index >= 15 is 0 Å². The van der Waals surface area contributed by atoms with Crippen LogP contribution in [0, 0.1) is 5.92 Å². The molecule has 1 aliphatic carbocycles. The summed E-state index contributed by atoms with van der Waals surface area (Å²) in [6.45, 7) is 4.72. The van der Waals surface area contributed by atoms with Crippen molar-refractivity contribution in [1.29, 1.82) is 0 Å². The van der Waals surface area contributed by atoms with Gasteiger partial charge in [-0.05, 0) is 44.6 Å². The summed E-state index contributed by atoms with van der Waals surface area (Å²) < 4.78 is 10.5. The van der Waals surface area contributed by atoms with Gasteiger partial charge in [0.25, 0.3) is 0 Å². The number of hydrogen-bond acceptors (Lipinski definition) is 5. The highest BCUT2D eigenvalue weighted by atomic mass is 32.2. The standard InChI is InChI=1S/C15H27NO3S/c1-3-8-16-15(12-4-5-12,14(17)18-2)11-20-13-6-9-19-10-7-13/h12-13,16H,3-11H2,1-2H3. The van der Waals surface area contributed by atoms with Crippen LogP contribution in [0.15, 0.2) is 0 Å². The van der Waals surface area contributed by atoms with Gasteiger partial charge in [-0.3, -0.25) is 4.79 Å². The Bertz CT molecular complexity index is 316. The first kappa shape index (κ1) is 16.1. The average Bonchev–Trinajstić information content (AvgIpc) is 3.33. The molecule has 0 radical (unpaired) electrons. The molecule has 0 aromatic rings. The third-order valence-electron chi connectivity index (χ3n) is 4.23. The first-order valence-electron chi connectivity index (χ1n) is 7.75. The summed E-state index contributed by atoms with van der Waals surface area (Å²) in [6.07, 6.45) is 5.51. The third kappa shape index (κ3) is 3.89. The van der Waals surface area contributed by atoms with E-state index in [1.165, 1.54) is 7.11 Å². The largest absolute Gasteiger partial charge is 0.468 e. The van der Waals surface area contributed by atoms with E-state index in [2.05, 4.69) is 12.2 Å². The number of rotatable bonds is 8. The van der Waals surface area contributed by atoms with Crippen LogP contribution in [0.25, 0.3) is 0 Å². The zero-order chi connectivity index (χ0) is 14.4. The van der Waals surface area contributed by atoms with Crippen LogP contribution < -0.4 is 5.32 Å². The molecule has 1 heterocycles. The number of esters is 1. The van der Waals surface area contributed by atoms with Crippen molar-refractivity contribution in [2.24, 2.45) is 5.92 Å². The van der Waals surface area contributed by atoms with Gasteiger partial charge in [0.2, 0.25) is 0 Å². The molecule has 2 aliphatic rings. The summed E-state index contributed by atoms with van der Waals surface area (Å²) in [4.78, 5) is 12.4. The van der Waals surface area contributed by atoms with Crippen molar-refractivity contribution in [1.82, 2.24) is 5.32 Å². The van der Waals surface area contributed by atoms with Crippen LogP contribution in [0.5, 0.6) is 0 Å². The molecule has 0 aromatic heterocycles. The molecule has 4 nitrogen and oxygen atoms in total. The van der Waals surface area contributed by atoms with E-state index < -0.39 is 5.54 Å². The molecule has 2 rings (SSSR count). The van der Waals surface area contributed by atoms with E-state index in [0.717, 1.165) is 57.6 Å². The number of methoxy groups -OCH3 is 1. The summed E-state index contributed by atoms with van der Waals surface area (Å²) >= 11 is 1.92. The predicted octanol–water partition coefficient (Wildman–Crippen LogP) is 2.22.